The predicted molar refractivity (Wildman–Crippen MR) is 83.9 cm³/mol. The SMILES string of the molecule is CCN(CC)C1CCc2ccc3ccccc3c2C1O. The Morgan fingerprint density at radius 2 is 1.85 bits per heavy atom. The van der Waals surface area contributed by atoms with Gasteiger partial charge in [0.05, 0.1) is 6.10 Å². The highest BCUT2D eigenvalue weighted by Crippen LogP contribution is 2.37. The highest BCUT2D eigenvalue weighted by molar-refractivity contribution is 5.87. The molecule has 3 rings (SSSR count). The maximum absolute atomic E-state index is 10.9. The molecule has 0 saturated carbocycles. The minimum absolute atomic E-state index is 0.253. The minimum atomic E-state index is -0.371. The van der Waals surface area contributed by atoms with Crippen LogP contribution in [0.25, 0.3) is 10.8 Å². The van der Waals surface area contributed by atoms with Crippen LogP contribution in [-0.2, 0) is 6.42 Å². The van der Waals surface area contributed by atoms with E-state index in [1.54, 1.807) is 0 Å². The normalized spacial score (nSPS) is 22.2. The Bertz CT molecular complexity index is 603. The number of hydrogen-bond donors (Lipinski definition) is 1. The van der Waals surface area contributed by atoms with Crippen molar-refractivity contribution in [2.24, 2.45) is 0 Å². The van der Waals surface area contributed by atoms with Crippen LogP contribution in [0.3, 0.4) is 0 Å². The smallest absolute Gasteiger partial charge is 0.0953 e. The summed E-state index contributed by atoms with van der Waals surface area (Å²) in [5.41, 5.74) is 2.48. The van der Waals surface area contributed by atoms with Crippen molar-refractivity contribution in [2.75, 3.05) is 13.1 Å². The summed E-state index contributed by atoms with van der Waals surface area (Å²) in [6.07, 6.45) is 1.75. The summed E-state index contributed by atoms with van der Waals surface area (Å²) < 4.78 is 0. The van der Waals surface area contributed by atoms with Crippen molar-refractivity contribution < 1.29 is 5.11 Å². The van der Waals surface area contributed by atoms with Gasteiger partial charge in [-0.2, -0.15) is 0 Å². The van der Waals surface area contributed by atoms with Crippen molar-refractivity contribution in [2.45, 2.75) is 38.8 Å². The van der Waals surface area contributed by atoms with Crippen molar-refractivity contribution in [1.82, 2.24) is 4.90 Å². The van der Waals surface area contributed by atoms with E-state index in [4.69, 9.17) is 0 Å². The third-order valence-corrected chi connectivity index (χ3v) is 4.71. The summed E-state index contributed by atoms with van der Waals surface area (Å²) in [7, 11) is 0. The van der Waals surface area contributed by atoms with Crippen LogP contribution < -0.4 is 0 Å². The third kappa shape index (κ3) is 2.13. The van der Waals surface area contributed by atoms with Crippen LogP contribution in [0.2, 0.25) is 0 Å². The summed E-state index contributed by atoms with van der Waals surface area (Å²) in [5.74, 6) is 0. The highest BCUT2D eigenvalue weighted by atomic mass is 16.3. The molecule has 2 aromatic rings. The molecule has 106 valence electrons. The van der Waals surface area contributed by atoms with E-state index in [0.717, 1.165) is 31.5 Å². The molecule has 0 aliphatic heterocycles. The molecule has 1 aliphatic rings. The van der Waals surface area contributed by atoms with Crippen molar-refractivity contribution in [1.29, 1.82) is 0 Å². The van der Waals surface area contributed by atoms with Gasteiger partial charge in [-0.3, -0.25) is 4.90 Å². The molecule has 2 aromatic carbocycles. The number of nitrogens with zero attached hydrogens (tertiary/aromatic N) is 1. The van der Waals surface area contributed by atoms with Gasteiger partial charge in [0.2, 0.25) is 0 Å². The first-order valence-electron chi connectivity index (χ1n) is 7.68. The number of aliphatic hydroxyl groups excluding tert-OH is 1. The van der Waals surface area contributed by atoms with Gasteiger partial charge in [-0.15, -0.1) is 0 Å². The molecule has 0 bridgehead atoms. The van der Waals surface area contributed by atoms with Crippen molar-refractivity contribution in [3.8, 4) is 0 Å². The van der Waals surface area contributed by atoms with Gasteiger partial charge in [0.15, 0.2) is 0 Å². The monoisotopic (exact) mass is 269 g/mol. The second kappa shape index (κ2) is 5.55. The fourth-order valence-electron chi connectivity index (χ4n) is 3.64. The summed E-state index contributed by atoms with van der Waals surface area (Å²) in [6, 6.07) is 13.0. The number of aliphatic hydroxyl groups is 1. The number of rotatable bonds is 3. The van der Waals surface area contributed by atoms with E-state index in [1.165, 1.54) is 16.3 Å². The Morgan fingerprint density at radius 1 is 1.10 bits per heavy atom. The Kier molecular flexibility index (Phi) is 3.77. The first-order valence-corrected chi connectivity index (χ1v) is 7.68. The molecule has 1 N–H and O–H groups in total. The molecule has 2 atom stereocenters. The number of fused-ring (bicyclic) bond motifs is 3. The molecule has 1 aliphatic carbocycles. The molecule has 2 unspecified atom stereocenters. The van der Waals surface area contributed by atoms with E-state index in [0.29, 0.717) is 0 Å². The first-order chi connectivity index (χ1) is 9.76. The average molecular weight is 269 g/mol. The molecule has 0 amide bonds. The van der Waals surface area contributed by atoms with Crippen LogP contribution in [0.15, 0.2) is 36.4 Å². The van der Waals surface area contributed by atoms with Crippen LogP contribution in [0.5, 0.6) is 0 Å². The van der Waals surface area contributed by atoms with Gasteiger partial charge >= 0.3 is 0 Å². The van der Waals surface area contributed by atoms with Gasteiger partial charge < -0.3 is 5.11 Å². The van der Waals surface area contributed by atoms with Gasteiger partial charge in [-0.05, 0) is 47.8 Å². The van der Waals surface area contributed by atoms with E-state index in [2.05, 4.69) is 55.1 Å². The van der Waals surface area contributed by atoms with Crippen LogP contribution in [0, 0.1) is 0 Å². The topological polar surface area (TPSA) is 23.5 Å². The van der Waals surface area contributed by atoms with Gasteiger partial charge in [0, 0.05) is 6.04 Å². The van der Waals surface area contributed by atoms with Crippen LogP contribution in [0.4, 0.5) is 0 Å². The number of likely N-dealkylation sites (N-methyl/N-ethyl adjacent to an activating group) is 1. The highest BCUT2D eigenvalue weighted by Gasteiger charge is 2.32. The summed E-state index contributed by atoms with van der Waals surface area (Å²) >= 11 is 0. The molecule has 0 aromatic heterocycles. The second-order valence-electron chi connectivity index (χ2n) is 5.63. The Morgan fingerprint density at radius 3 is 2.60 bits per heavy atom. The number of aryl methyl sites for hydroxylation is 1. The molecule has 2 heteroatoms. The van der Waals surface area contributed by atoms with Gasteiger partial charge in [0.25, 0.3) is 0 Å². The lowest BCUT2D eigenvalue weighted by Crippen LogP contribution is -2.42. The van der Waals surface area contributed by atoms with E-state index in [-0.39, 0.29) is 12.1 Å². The molecule has 2 nitrogen and oxygen atoms in total. The predicted octanol–water partition coefficient (Wildman–Crippen LogP) is 3.53. The van der Waals surface area contributed by atoms with Crippen LogP contribution >= 0.6 is 0 Å². The molecule has 0 spiro atoms. The van der Waals surface area contributed by atoms with E-state index in [9.17, 15) is 5.11 Å². The van der Waals surface area contributed by atoms with Crippen molar-refractivity contribution in [3.05, 3.63) is 47.5 Å². The van der Waals surface area contributed by atoms with Gasteiger partial charge in [0.1, 0.15) is 0 Å². The molecule has 0 radical (unpaired) electrons. The lowest BCUT2D eigenvalue weighted by Gasteiger charge is -2.38. The fraction of sp³-hybridized carbons (Fsp3) is 0.444. The summed E-state index contributed by atoms with van der Waals surface area (Å²) in [5, 5.41) is 13.4. The fourth-order valence-corrected chi connectivity index (χ4v) is 3.64. The Hall–Kier alpha value is -1.38. The second-order valence-corrected chi connectivity index (χ2v) is 5.63. The Labute approximate surface area is 121 Å². The van der Waals surface area contributed by atoms with Crippen molar-refractivity contribution >= 4 is 10.8 Å². The van der Waals surface area contributed by atoms with Crippen molar-refractivity contribution in [3.63, 3.8) is 0 Å². The maximum Gasteiger partial charge on any atom is 0.0953 e. The lowest BCUT2D eigenvalue weighted by molar-refractivity contribution is 0.0425. The molecule has 0 fully saturated rings. The summed E-state index contributed by atoms with van der Waals surface area (Å²) in [4.78, 5) is 2.38. The van der Waals surface area contributed by atoms with Gasteiger partial charge in [-0.25, -0.2) is 0 Å². The lowest BCUT2D eigenvalue weighted by atomic mass is 9.82. The number of hydrogen-bond acceptors (Lipinski definition) is 2. The number of benzene rings is 2. The third-order valence-electron chi connectivity index (χ3n) is 4.71. The quantitative estimate of drug-likeness (QED) is 0.921. The van der Waals surface area contributed by atoms with Crippen LogP contribution in [-0.4, -0.2) is 29.1 Å². The zero-order valence-corrected chi connectivity index (χ0v) is 12.3. The van der Waals surface area contributed by atoms with Crippen LogP contribution in [0.1, 0.15) is 37.5 Å². The zero-order valence-electron chi connectivity index (χ0n) is 12.3. The standard InChI is InChI=1S/C18H23NO/c1-3-19(4-2)16-12-11-14-10-9-13-7-5-6-8-15(13)17(14)18(16)20/h5-10,16,18,20H,3-4,11-12H2,1-2H3. The molecular formula is C18H23NO. The zero-order chi connectivity index (χ0) is 14.1. The average Bonchev–Trinajstić information content (AvgIpc) is 2.50. The van der Waals surface area contributed by atoms with E-state index < -0.39 is 0 Å². The minimum Gasteiger partial charge on any atom is -0.387 e. The largest absolute Gasteiger partial charge is 0.387 e. The first kappa shape index (κ1) is 13.6. The molecule has 20 heavy (non-hydrogen) atoms. The van der Waals surface area contributed by atoms with E-state index >= 15 is 0 Å². The molecule has 0 heterocycles. The van der Waals surface area contributed by atoms with Gasteiger partial charge in [-0.1, -0.05) is 50.2 Å². The molecule has 0 saturated heterocycles. The van der Waals surface area contributed by atoms with E-state index in [1.807, 2.05) is 0 Å². The Balaban J connectivity index is 2.09. The summed E-state index contributed by atoms with van der Waals surface area (Å²) in [6.45, 7) is 6.35. The maximum atomic E-state index is 10.9. The molecular weight excluding hydrogens is 246 g/mol.